The molecule has 0 saturated heterocycles. The van der Waals surface area contributed by atoms with E-state index in [-0.39, 0.29) is 5.56 Å². The van der Waals surface area contributed by atoms with Crippen LogP contribution >= 0.6 is 0 Å². The molecule has 0 saturated carbocycles. The molecule has 2 aromatic heterocycles. The van der Waals surface area contributed by atoms with Crippen LogP contribution in [0.2, 0.25) is 0 Å². The average Bonchev–Trinajstić information content (AvgIpc) is 2.91. The molecular formula is C18H11N3O. The number of benzene rings is 3. The van der Waals surface area contributed by atoms with Crippen LogP contribution in [-0.4, -0.2) is 9.38 Å². The zero-order valence-corrected chi connectivity index (χ0v) is 11.6. The molecule has 5 rings (SSSR count). The van der Waals surface area contributed by atoms with Gasteiger partial charge in [-0.2, -0.15) is 0 Å². The predicted molar refractivity (Wildman–Crippen MR) is 89.6 cm³/mol. The van der Waals surface area contributed by atoms with E-state index < -0.39 is 0 Å². The van der Waals surface area contributed by atoms with Crippen molar-refractivity contribution in [2.75, 3.05) is 5.73 Å². The number of pyridine rings is 1. The maximum Gasteiger partial charge on any atom is 0.264 e. The smallest absolute Gasteiger partial charge is 0.264 e. The van der Waals surface area contributed by atoms with Crippen LogP contribution in [-0.2, 0) is 0 Å². The van der Waals surface area contributed by atoms with Gasteiger partial charge >= 0.3 is 0 Å². The van der Waals surface area contributed by atoms with Gasteiger partial charge in [-0.1, -0.05) is 30.3 Å². The number of imidazole rings is 1. The lowest BCUT2D eigenvalue weighted by molar-refractivity contribution is 1.19. The zero-order valence-electron chi connectivity index (χ0n) is 11.6. The van der Waals surface area contributed by atoms with Crippen molar-refractivity contribution in [2.45, 2.75) is 0 Å². The fourth-order valence-corrected chi connectivity index (χ4v) is 3.31. The molecule has 0 bridgehead atoms. The maximum absolute atomic E-state index is 12.9. The summed E-state index contributed by atoms with van der Waals surface area (Å²) in [5.74, 6) is 0. The van der Waals surface area contributed by atoms with E-state index >= 15 is 0 Å². The second kappa shape index (κ2) is 3.74. The molecule has 0 aliphatic carbocycles. The van der Waals surface area contributed by atoms with Crippen molar-refractivity contribution >= 4 is 43.9 Å². The number of rotatable bonds is 0. The summed E-state index contributed by atoms with van der Waals surface area (Å²) in [5.41, 5.74) is 8.68. The molecule has 0 radical (unpaired) electrons. The van der Waals surface area contributed by atoms with E-state index in [1.807, 2.05) is 42.5 Å². The molecule has 0 atom stereocenters. The molecule has 5 aromatic rings. The molecule has 2 heterocycles. The largest absolute Gasteiger partial charge is 0.399 e. The Bertz CT molecular complexity index is 1250. The van der Waals surface area contributed by atoms with Crippen molar-refractivity contribution in [1.82, 2.24) is 9.38 Å². The van der Waals surface area contributed by atoms with Crippen LogP contribution in [0.5, 0.6) is 0 Å². The molecule has 4 heteroatoms. The lowest BCUT2D eigenvalue weighted by atomic mass is 10.0. The summed E-state index contributed by atoms with van der Waals surface area (Å²) < 4.78 is 1.69. The van der Waals surface area contributed by atoms with E-state index in [2.05, 4.69) is 4.98 Å². The van der Waals surface area contributed by atoms with Gasteiger partial charge in [-0.3, -0.25) is 9.20 Å². The van der Waals surface area contributed by atoms with Crippen molar-refractivity contribution in [3.05, 3.63) is 65.0 Å². The first kappa shape index (κ1) is 11.5. The number of aromatic nitrogens is 2. The minimum absolute atomic E-state index is 0.0356. The van der Waals surface area contributed by atoms with Crippen molar-refractivity contribution < 1.29 is 0 Å². The summed E-state index contributed by atoms with van der Waals surface area (Å²) in [6, 6.07) is 17.3. The van der Waals surface area contributed by atoms with Crippen LogP contribution in [0.15, 0.2) is 59.4 Å². The highest BCUT2D eigenvalue weighted by Gasteiger charge is 2.15. The minimum atomic E-state index is -0.0356. The topological polar surface area (TPSA) is 60.4 Å². The normalized spacial score (nSPS) is 12.0. The Morgan fingerprint density at radius 1 is 0.955 bits per heavy atom. The second-order valence-corrected chi connectivity index (χ2v) is 5.53. The van der Waals surface area contributed by atoms with Crippen molar-refractivity contribution in [2.24, 2.45) is 0 Å². The lowest BCUT2D eigenvalue weighted by Gasteiger charge is -2.06. The lowest BCUT2D eigenvalue weighted by Crippen LogP contribution is -2.13. The molecule has 3 aromatic carbocycles. The number of nitrogens with two attached hydrogens (primary N) is 1. The number of anilines is 1. The summed E-state index contributed by atoms with van der Waals surface area (Å²) in [4.78, 5) is 17.6. The summed E-state index contributed by atoms with van der Waals surface area (Å²) in [6.45, 7) is 0. The molecular weight excluding hydrogens is 274 g/mol. The zero-order chi connectivity index (χ0) is 14.8. The van der Waals surface area contributed by atoms with Crippen LogP contribution in [0.1, 0.15) is 0 Å². The Hall–Kier alpha value is -3.14. The second-order valence-electron chi connectivity index (χ2n) is 5.53. The molecule has 0 unspecified atom stereocenters. The average molecular weight is 285 g/mol. The first-order chi connectivity index (χ1) is 10.7. The van der Waals surface area contributed by atoms with Gasteiger partial charge in [0.05, 0.1) is 11.0 Å². The van der Waals surface area contributed by atoms with E-state index in [0.29, 0.717) is 11.3 Å². The van der Waals surface area contributed by atoms with Gasteiger partial charge in [0.1, 0.15) is 5.65 Å². The van der Waals surface area contributed by atoms with E-state index in [1.54, 1.807) is 16.5 Å². The standard InChI is InChI=1S/C18H11N3O/c19-11-7-8-15-14(9-11)20-17-12-5-1-3-10-4-2-6-13(16(10)12)18(22)21(15)17/h1-9H,19H2. The SMILES string of the molecule is Nc1ccc2c(c1)nc1c3cccc4cccc(c(=O)n21)c43. The molecule has 2 N–H and O–H groups in total. The molecule has 0 aliphatic rings. The Morgan fingerprint density at radius 2 is 1.73 bits per heavy atom. The quantitative estimate of drug-likeness (QED) is 0.444. The molecule has 4 nitrogen and oxygen atoms in total. The van der Waals surface area contributed by atoms with Crippen LogP contribution in [0, 0.1) is 0 Å². The summed E-state index contributed by atoms with van der Waals surface area (Å²) >= 11 is 0. The number of hydrogen-bond acceptors (Lipinski definition) is 3. The first-order valence-corrected chi connectivity index (χ1v) is 7.09. The van der Waals surface area contributed by atoms with Gasteiger partial charge in [0, 0.05) is 21.8 Å². The number of hydrogen-bond donors (Lipinski definition) is 1. The highest BCUT2D eigenvalue weighted by molar-refractivity contribution is 6.15. The highest BCUT2D eigenvalue weighted by Crippen LogP contribution is 2.29. The molecule has 0 aliphatic heterocycles. The fraction of sp³-hybridized carbons (Fsp3) is 0. The van der Waals surface area contributed by atoms with Crippen LogP contribution in [0.25, 0.3) is 38.2 Å². The Labute approximate surface area is 124 Å². The van der Waals surface area contributed by atoms with Crippen LogP contribution < -0.4 is 11.3 Å². The Balaban J connectivity index is 2.22. The maximum atomic E-state index is 12.9. The minimum Gasteiger partial charge on any atom is -0.399 e. The molecule has 22 heavy (non-hydrogen) atoms. The third-order valence-electron chi connectivity index (χ3n) is 4.26. The molecule has 0 spiro atoms. The van der Waals surface area contributed by atoms with E-state index in [1.165, 1.54) is 0 Å². The van der Waals surface area contributed by atoms with E-state index in [0.717, 1.165) is 32.6 Å². The number of nitrogens with zero attached hydrogens (tertiary/aromatic N) is 2. The number of fused-ring (bicyclic) bond motifs is 4. The van der Waals surface area contributed by atoms with Gasteiger partial charge in [0.15, 0.2) is 0 Å². The van der Waals surface area contributed by atoms with Crippen molar-refractivity contribution in [3.8, 4) is 0 Å². The molecule has 104 valence electrons. The van der Waals surface area contributed by atoms with Crippen LogP contribution in [0.3, 0.4) is 0 Å². The third-order valence-corrected chi connectivity index (χ3v) is 4.26. The van der Waals surface area contributed by atoms with Crippen molar-refractivity contribution in [1.29, 1.82) is 0 Å². The Morgan fingerprint density at radius 3 is 2.55 bits per heavy atom. The van der Waals surface area contributed by atoms with E-state index in [9.17, 15) is 4.79 Å². The van der Waals surface area contributed by atoms with Gasteiger partial charge in [0.2, 0.25) is 0 Å². The summed E-state index contributed by atoms with van der Waals surface area (Å²) in [6.07, 6.45) is 0. The highest BCUT2D eigenvalue weighted by atomic mass is 16.1. The van der Waals surface area contributed by atoms with Gasteiger partial charge in [0.25, 0.3) is 5.56 Å². The van der Waals surface area contributed by atoms with E-state index in [4.69, 9.17) is 5.73 Å². The monoisotopic (exact) mass is 285 g/mol. The first-order valence-electron chi connectivity index (χ1n) is 7.09. The predicted octanol–water partition coefficient (Wildman–Crippen LogP) is 3.17. The fourth-order valence-electron chi connectivity index (χ4n) is 3.31. The number of nitrogen functional groups attached to an aromatic ring is 1. The molecule has 0 fully saturated rings. The molecule has 0 amide bonds. The van der Waals surface area contributed by atoms with Gasteiger partial charge in [-0.05, 0) is 29.7 Å². The van der Waals surface area contributed by atoms with Gasteiger partial charge < -0.3 is 5.73 Å². The van der Waals surface area contributed by atoms with Crippen LogP contribution in [0.4, 0.5) is 5.69 Å². The van der Waals surface area contributed by atoms with Crippen molar-refractivity contribution in [3.63, 3.8) is 0 Å². The van der Waals surface area contributed by atoms with Gasteiger partial charge in [-0.25, -0.2) is 4.98 Å². The summed E-state index contributed by atoms with van der Waals surface area (Å²) in [7, 11) is 0. The summed E-state index contributed by atoms with van der Waals surface area (Å²) in [5, 5.41) is 3.74. The Kier molecular flexibility index (Phi) is 1.96. The van der Waals surface area contributed by atoms with Gasteiger partial charge in [-0.15, -0.1) is 0 Å². The third kappa shape index (κ3) is 1.27.